The average molecular weight is 297 g/mol. The molecule has 114 valence electrons. The van der Waals surface area contributed by atoms with Gasteiger partial charge in [-0.2, -0.15) is 18.3 Å². The summed E-state index contributed by atoms with van der Waals surface area (Å²) in [5, 5.41) is 7.16. The molecule has 0 bridgehead atoms. The molecule has 3 nitrogen and oxygen atoms in total. The number of aryl methyl sites for hydroxylation is 1. The van der Waals surface area contributed by atoms with E-state index < -0.39 is 11.7 Å². The van der Waals surface area contributed by atoms with Crippen LogP contribution in [0.3, 0.4) is 0 Å². The summed E-state index contributed by atoms with van der Waals surface area (Å²) >= 11 is 0. The van der Waals surface area contributed by atoms with E-state index in [0.717, 1.165) is 24.7 Å². The number of hydrogen-bond donors (Lipinski definition) is 1. The average Bonchev–Trinajstić information content (AvgIpc) is 2.80. The second-order valence-corrected chi connectivity index (χ2v) is 4.88. The third kappa shape index (κ3) is 3.44. The van der Waals surface area contributed by atoms with Gasteiger partial charge in [-0.3, -0.25) is 4.68 Å². The van der Waals surface area contributed by atoms with Gasteiger partial charge in [-0.15, -0.1) is 0 Å². The third-order valence-corrected chi connectivity index (χ3v) is 3.42. The van der Waals surface area contributed by atoms with Crippen molar-refractivity contribution in [2.45, 2.75) is 19.0 Å². The molecular weight excluding hydrogens is 279 g/mol. The molecule has 1 N–H and O–H groups in total. The molecule has 21 heavy (non-hydrogen) atoms. The van der Waals surface area contributed by atoms with Gasteiger partial charge in [0.2, 0.25) is 0 Å². The smallest absolute Gasteiger partial charge is 0.320 e. The van der Waals surface area contributed by atoms with Crippen LogP contribution in [0.25, 0.3) is 11.1 Å². The number of aromatic nitrogens is 2. The van der Waals surface area contributed by atoms with Crippen molar-refractivity contribution in [3.8, 4) is 11.1 Å². The minimum absolute atomic E-state index is 0.192. The van der Waals surface area contributed by atoms with Crippen molar-refractivity contribution in [1.29, 1.82) is 0 Å². The normalized spacial score (nSPS) is 11.9. The predicted octanol–water partition coefficient (Wildman–Crippen LogP) is 3.26. The summed E-state index contributed by atoms with van der Waals surface area (Å²) in [6.45, 7) is 0.811. The van der Waals surface area contributed by atoms with Crippen molar-refractivity contribution in [3.63, 3.8) is 0 Å². The summed E-state index contributed by atoms with van der Waals surface area (Å²) < 4.78 is 41.1. The molecule has 0 atom stereocenters. The number of nitrogens with zero attached hydrogens (tertiary/aromatic N) is 2. The highest BCUT2D eigenvalue weighted by Crippen LogP contribution is 2.38. The summed E-state index contributed by atoms with van der Waals surface area (Å²) in [5.41, 5.74) is 0.953. The fourth-order valence-corrected chi connectivity index (χ4v) is 2.38. The van der Waals surface area contributed by atoms with Crippen LogP contribution < -0.4 is 5.32 Å². The van der Waals surface area contributed by atoms with Gasteiger partial charge in [0.25, 0.3) is 0 Å². The Morgan fingerprint density at radius 2 is 1.90 bits per heavy atom. The minimum atomic E-state index is -4.37. The van der Waals surface area contributed by atoms with E-state index in [1.807, 2.05) is 7.05 Å². The summed E-state index contributed by atoms with van der Waals surface area (Å²) in [6, 6.07) is 5.64. The number of benzene rings is 1. The molecule has 6 heteroatoms. The van der Waals surface area contributed by atoms with E-state index >= 15 is 0 Å². The number of rotatable bonds is 5. The number of alkyl halides is 3. The molecule has 0 saturated carbocycles. The Balaban J connectivity index is 2.44. The summed E-state index contributed by atoms with van der Waals surface area (Å²) in [5.74, 6) is 0. The molecule has 0 radical (unpaired) electrons. The van der Waals surface area contributed by atoms with Crippen LogP contribution in [-0.4, -0.2) is 23.4 Å². The quantitative estimate of drug-likeness (QED) is 0.859. The number of hydrogen-bond acceptors (Lipinski definition) is 2. The maximum Gasteiger partial charge on any atom is 0.417 e. The SMILES string of the molecule is CNCCCc1c(-c2ccccc2C(F)(F)F)cnn1C. The molecular formula is C15H18F3N3. The zero-order chi connectivity index (χ0) is 15.5. The summed E-state index contributed by atoms with van der Waals surface area (Å²) in [7, 11) is 3.61. The molecule has 0 aliphatic carbocycles. The largest absolute Gasteiger partial charge is 0.417 e. The molecule has 0 unspecified atom stereocenters. The van der Waals surface area contributed by atoms with E-state index in [4.69, 9.17) is 0 Å². The van der Waals surface area contributed by atoms with Gasteiger partial charge in [-0.05, 0) is 38.1 Å². The molecule has 0 saturated heterocycles. The standard InChI is InChI=1S/C15H18F3N3/c1-19-9-5-8-14-12(10-20-21(14)2)11-6-3-4-7-13(11)15(16,17)18/h3-4,6-7,10,19H,5,8-9H2,1-2H3. The fraction of sp³-hybridized carbons (Fsp3) is 0.400. The van der Waals surface area contributed by atoms with Crippen LogP contribution in [0.5, 0.6) is 0 Å². The first-order valence-electron chi connectivity index (χ1n) is 6.77. The van der Waals surface area contributed by atoms with E-state index in [0.29, 0.717) is 12.0 Å². The van der Waals surface area contributed by atoms with Crippen LogP contribution in [0, 0.1) is 0 Å². The monoisotopic (exact) mass is 297 g/mol. The van der Waals surface area contributed by atoms with E-state index in [1.165, 1.54) is 18.3 Å². The van der Waals surface area contributed by atoms with Gasteiger partial charge in [-0.1, -0.05) is 18.2 Å². The van der Waals surface area contributed by atoms with Gasteiger partial charge in [0.05, 0.1) is 11.8 Å². The number of halogens is 3. The topological polar surface area (TPSA) is 29.9 Å². The maximum atomic E-state index is 13.1. The Kier molecular flexibility index (Phi) is 4.67. The molecule has 2 rings (SSSR count). The highest BCUT2D eigenvalue weighted by molar-refractivity contribution is 5.69. The summed E-state index contributed by atoms with van der Waals surface area (Å²) in [6.07, 6.45) is -1.33. The van der Waals surface area contributed by atoms with Crippen LogP contribution in [-0.2, 0) is 19.6 Å². The van der Waals surface area contributed by atoms with Crippen LogP contribution in [0.2, 0.25) is 0 Å². The second-order valence-electron chi connectivity index (χ2n) is 4.88. The molecule has 0 aliphatic rings. The Morgan fingerprint density at radius 1 is 1.19 bits per heavy atom. The first-order chi connectivity index (χ1) is 9.95. The maximum absolute atomic E-state index is 13.1. The van der Waals surface area contributed by atoms with E-state index in [1.54, 1.807) is 17.8 Å². The molecule has 1 aromatic heterocycles. The van der Waals surface area contributed by atoms with Crippen LogP contribution in [0.4, 0.5) is 13.2 Å². The highest BCUT2D eigenvalue weighted by atomic mass is 19.4. The van der Waals surface area contributed by atoms with Crippen molar-refractivity contribution in [3.05, 3.63) is 41.7 Å². The third-order valence-electron chi connectivity index (χ3n) is 3.42. The molecule has 0 spiro atoms. The van der Waals surface area contributed by atoms with Crippen LogP contribution >= 0.6 is 0 Å². The molecule has 0 amide bonds. The molecule has 0 aliphatic heterocycles. The fourth-order valence-electron chi connectivity index (χ4n) is 2.38. The van der Waals surface area contributed by atoms with Gasteiger partial charge < -0.3 is 5.32 Å². The highest BCUT2D eigenvalue weighted by Gasteiger charge is 2.34. The van der Waals surface area contributed by atoms with Crippen LogP contribution in [0.15, 0.2) is 30.5 Å². The van der Waals surface area contributed by atoms with E-state index in [2.05, 4.69) is 10.4 Å². The lowest BCUT2D eigenvalue weighted by atomic mass is 9.98. The van der Waals surface area contributed by atoms with Gasteiger partial charge >= 0.3 is 6.18 Å². The van der Waals surface area contributed by atoms with Crippen molar-refractivity contribution in [2.75, 3.05) is 13.6 Å². The zero-order valence-electron chi connectivity index (χ0n) is 12.0. The lowest BCUT2D eigenvalue weighted by Gasteiger charge is -2.13. The predicted molar refractivity (Wildman–Crippen MR) is 75.9 cm³/mol. The molecule has 2 aromatic rings. The lowest BCUT2D eigenvalue weighted by molar-refractivity contribution is -0.137. The molecule has 0 fully saturated rings. The Morgan fingerprint density at radius 3 is 2.57 bits per heavy atom. The van der Waals surface area contributed by atoms with Crippen LogP contribution in [0.1, 0.15) is 17.7 Å². The van der Waals surface area contributed by atoms with E-state index in [-0.39, 0.29) is 5.56 Å². The van der Waals surface area contributed by atoms with E-state index in [9.17, 15) is 13.2 Å². The van der Waals surface area contributed by atoms with Crippen molar-refractivity contribution >= 4 is 0 Å². The lowest BCUT2D eigenvalue weighted by Crippen LogP contribution is -2.11. The van der Waals surface area contributed by atoms with Gasteiger partial charge in [-0.25, -0.2) is 0 Å². The van der Waals surface area contributed by atoms with Gasteiger partial charge in [0.1, 0.15) is 0 Å². The second kappa shape index (κ2) is 6.30. The summed E-state index contributed by atoms with van der Waals surface area (Å²) in [4.78, 5) is 0. The van der Waals surface area contributed by atoms with Crippen molar-refractivity contribution in [2.24, 2.45) is 7.05 Å². The Hall–Kier alpha value is -1.82. The minimum Gasteiger partial charge on any atom is -0.320 e. The Bertz CT molecular complexity index is 602. The zero-order valence-corrected chi connectivity index (χ0v) is 12.0. The van der Waals surface area contributed by atoms with Crippen molar-refractivity contribution < 1.29 is 13.2 Å². The molecule has 1 heterocycles. The first-order valence-corrected chi connectivity index (χ1v) is 6.77. The first kappa shape index (κ1) is 15.6. The number of nitrogens with one attached hydrogen (secondary N) is 1. The van der Waals surface area contributed by atoms with Gasteiger partial charge in [0, 0.05) is 18.3 Å². The molecule has 1 aromatic carbocycles. The Labute approximate surface area is 121 Å². The van der Waals surface area contributed by atoms with Crippen molar-refractivity contribution in [1.82, 2.24) is 15.1 Å². The van der Waals surface area contributed by atoms with Gasteiger partial charge in [0.15, 0.2) is 0 Å².